The van der Waals surface area contributed by atoms with Crippen molar-refractivity contribution in [2.24, 2.45) is 0 Å². The average Bonchev–Trinajstić information content (AvgIpc) is 2.53. The zero-order valence-corrected chi connectivity index (χ0v) is 10.7. The predicted octanol–water partition coefficient (Wildman–Crippen LogP) is 0.880. The summed E-state index contributed by atoms with van der Waals surface area (Å²) in [4.78, 5) is 27.1. The van der Waals surface area contributed by atoms with E-state index in [2.05, 4.69) is 4.90 Å². The van der Waals surface area contributed by atoms with E-state index in [1.807, 2.05) is 20.8 Å². The Hall–Kier alpha value is -1.10. The Kier molecular flexibility index (Phi) is 3.12. The van der Waals surface area contributed by atoms with Crippen LogP contribution in [-0.4, -0.2) is 59.5 Å². The van der Waals surface area contributed by atoms with Crippen LogP contribution in [0.4, 0.5) is 4.79 Å². The molecule has 2 aliphatic heterocycles. The van der Waals surface area contributed by atoms with Crippen molar-refractivity contribution in [2.45, 2.75) is 38.8 Å². The highest BCUT2D eigenvalue weighted by Gasteiger charge is 2.37. The number of rotatable bonds is 0. The van der Waals surface area contributed by atoms with Crippen LogP contribution in [0.2, 0.25) is 0 Å². The number of Topliss-reactive ketones (excluding diaryl/α,β-unsaturated/α-hetero) is 1. The summed E-state index contributed by atoms with van der Waals surface area (Å²) >= 11 is 0. The number of nitrogens with zero attached hydrogens (tertiary/aromatic N) is 2. The normalized spacial score (nSPS) is 25.9. The zero-order valence-electron chi connectivity index (χ0n) is 10.7. The van der Waals surface area contributed by atoms with Gasteiger partial charge in [0.1, 0.15) is 11.4 Å². The molecule has 2 saturated heterocycles. The molecule has 2 rings (SSSR count). The maximum Gasteiger partial charge on any atom is 0.410 e. The maximum atomic E-state index is 11.9. The molecule has 0 bridgehead atoms. The second-order valence-corrected chi connectivity index (χ2v) is 5.79. The predicted molar refractivity (Wildman–Crippen MR) is 62.8 cm³/mol. The lowest BCUT2D eigenvalue weighted by atomic mass is 10.1. The van der Waals surface area contributed by atoms with E-state index in [0.29, 0.717) is 26.1 Å². The number of fused-ring (bicyclic) bond motifs is 1. The molecule has 2 fully saturated rings. The quantitative estimate of drug-likeness (QED) is 0.630. The number of carbonyl (C=O) groups is 2. The Morgan fingerprint density at radius 2 is 2.06 bits per heavy atom. The lowest BCUT2D eigenvalue weighted by Gasteiger charge is -2.37. The van der Waals surface area contributed by atoms with Crippen LogP contribution < -0.4 is 0 Å². The van der Waals surface area contributed by atoms with Crippen molar-refractivity contribution in [3.8, 4) is 0 Å². The van der Waals surface area contributed by atoms with Crippen molar-refractivity contribution < 1.29 is 14.3 Å². The second-order valence-electron chi connectivity index (χ2n) is 5.79. The number of carbonyl (C=O) groups excluding carboxylic acids is 2. The summed E-state index contributed by atoms with van der Waals surface area (Å²) in [5.74, 6) is 0.279. The molecule has 2 heterocycles. The van der Waals surface area contributed by atoms with Crippen LogP contribution in [0.25, 0.3) is 0 Å². The third kappa shape index (κ3) is 2.97. The molecule has 5 heteroatoms. The average molecular weight is 240 g/mol. The fourth-order valence-corrected chi connectivity index (χ4v) is 2.34. The van der Waals surface area contributed by atoms with Gasteiger partial charge in [-0.15, -0.1) is 0 Å². The van der Waals surface area contributed by atoms with Gasteiger partial charge in [0, 0.05) is 32.1 Å². The first-order valence-electron chi connectivity index (χ1n) is 6.09. The molecule has 96 valence electrons. The Labute approximate surface area is 102 Å². The van der Waals surface area contributed by atoms with Crippen molar-refractivity contribution in [1.29, 1.82) is 0 Å². The summed E-state index contributed by atoms with van der Waals surface area (Å²) in [6, 6.07) is 0.198. The second kappa shape index (κ2) is 4.29. The fraction of sp³-hybridized carbons (Fsp3) is 0.833. The highest BCUT2D eigenvalue weighted by Crippen LogP contribution is 2.21. The van der Waals surface area contributed by atoms with Crippen molar-refractivity contribution in [3.63, 3.8) is 0 Å². The number of hydrogen-bond donors (Lipinski definition) is 0. The molecule has 0 radical (unpaired) electrons. The minimum Gasteiger partial charge on any atom is -0.444 e. The van der Waals surface area contributed by atoms with Gasteiger partial charge in [0.2, 0.25) is 0 Å². The van der Waals surface area contributed by atoms with E-state index in [0.717, 1.165) is 6.54 Å². The van der Waals surface area contributed by atoms with Gasteiger partial charge in [0.15, 0.2) is 0 Å². The summed E-state index contributed by atoms with van der Waals surface area (Å²) in [6.07, 6.45) is 0.302. The molecule has 0 aromatic carbocycles. The molecule has 0 N–H and O–H groups in total. The first kappa shape index (κ1) is 12.4. The molecule has 0 aliphatic carbocycles. The minimum absolute atomic E-state index is 0.198. The van der Waals surface area contributed by atoms with Gasteiger partial charge in [-0.25, -0.2) is 4.79 Å². The summed E-state index contributed by atoms with van der Waals surface area (Å²) in [6.45, 7) is 8.17. The minimum atomic E-state index is -0.459. The van der Waals surface area contributed by atoms with Gasteiger partial charge in [-0.05, 0) is 20.8 Å². The molecule has 2 aliphatic rings. The third-order valence-corrected chi connectivity index (χ3v) is 3.10. The molecule has 0 unspecified atom stereocenters. The number of hydrogen-bond acceptors (Lipinski definition) is 4. The third-order valence-electron chi connectivity index (χ3n) is 3.10. The number of ketones is 1. The monoisotopic (exact) mass is 240 g/mol. The molecule has 1 amide bonds. The molecular weight excluding hydrogens is 220 g/mol. The fourth-order valence-electron chi connectivity index (χ4n) is 2.34. The van der Waals surface area contributed by atoms with Gasteiger partial charge in [-0.1, -0.05) is 0 Å². The summed E-state index contributed by atoms with van der Waals surface area (Å²) in [7, 11) is 0. The van der Waals surface area contributed by atoms with Crippen LogP contribution in [0.3, 0.4) is 0 Å². The van der Waals surface area contributed by atoms with E-state index in [4.69, 9.17) is 4.74 Å². The number of piperazine rings is 1. The topological polar surface area (TPSA) is 49.9 Å². The van der Waals surface area contributed by atoms with Crippen molar-refractivity contribution >= 4 is 11.9 Å². The molecule has 1 atom stereocenters. The summed E-state index contributed by atoms with van der Waals surface area (Å²) < 4.78 is 5.34. The smallest absolute Gasteiger partial charge is 0.410 e. The highest BCUT2D eigenvalue weighted by atomic mass is 16.6. The Bertz CT molecular complexity index is 335. The van der Waals surface area contributed by atoms with Crippen LogP contribution >= 0.6 is 0 Å². The summed E-state index contributed by atoms with van der Waals surface area (Å²) in [5, 5.41) is 0. The van der Waals surface area contributed by atoms with E-state index < -0.39 is 5.60 Å². The SMILES string of the molecule is CC(C)(C)OC(=O)N1CCN2CC(=O)C[C@@H]2C1. The molecule has 17 heavy (non-hydrogen) atoms. The van der Waals surface area contributed by atoms with Gasteiger partial charge >= 0.3 is 6.09 Å². The number of ether oxygens (including phenoxy) is 1. The van der Waals surface area contributed by atoms with Crippen molar-refractivity contribution in [2.75, 3.05) is 26.2 Å². The van der Waals surface area contributed by atoms with E-state index in [-0.39, 0.29) is 17.9 Å². The highest BCUT2D eigenvalue weighted by molar-refractivity contribution is 5.83. The van der Waals surface area contributed by atoms with E-state index in [9.17, 15) is 9.59 Å². The van der Waals surface area contributed by atoms with E-state index in [1.165, 1.54) is 0 Å². The van der Waals surface area contributed by atoms with Gasteiger partial charge in [0.05, 0.1) is 6.54 Å². The number of amides is 1. The molecule has 0 aromatic heterocycles. The Morgan fingerprint density at radius 3 is 2.71 bits per heavy atom. The standard InChI is InChI=1S/C12H20N2O3/c1-12(2,3)17-11(16)14-5-4-13-8-10(15)6-9(13)7-14/h9H,4-8H2,1-3H3/t9-/m1/s1. The van der Waals surface area contributed by atoms with Crippen LogP contribution in [0.15, 0.2) is 0 Å². The van der Waals surface area contributed by atoms with Crippen LogP contribution in [0, 0.1) is 0 Å². The molecule has 0 saturated carbocycles. The zero-order chi connectivity index (χ0) is 12.6. The van der Waals surface area contributed by atoms with Crippen molar-refractivity contribution in [1.82, 2.24) is 9.80 Å². The van der Waals surface area contributed by atoms with Gasteiger partial charge < -0.3 is 9.64 Å². The molecule has 0 spiro atoms. The first-order chi connectivity index (χ1) is 7.85. The van der Waals surface area contributed by atoms with Crippen LogP contribution in [-0.2, 0) is 9.53 Å². The van der Waals surface area contributed by atoms with Crippen LogP contribution in [0.1, 0.15) is 27.2 Å². The van der Waals surface area contributed by atoms with Gasteiger partial charge in [-0.3, -0.25) is 9.69 Å². The van der Waals surface area contributed by atoms with Gasteiger partial charge in [-0.2, -0.15) is 0 Å². The first-order valence-corrected chi connectivity index (χ1v) is 6.09. The Balaban J connectivity index is 1.92. The van der Waals surface area contributed by atoms with Gasteiger partial charge in [0.25, 0.3) is 0 Å². The van der Waals surface area contributed by atoms with E-state index >= 15 is 0 Å². The molecular formula is C12H20N2O3. The van der Waals surface area contributed by atoms with Crippen LogP contribution in [0.5, 0.6) is 0 Å². The lowest BCUT2D eigenvalue weighted by Crippen LogP contribution is -2.53. The molecule has 0 aromatic rings. The lowest BCUT2D eigenvalue weighted by molar-refractivity contribution is -0.116. The van der Waals surface area contributed by atoms with Crippen molar-refractivity contribution in [3.05, 3.63) is 0 Å². The molecule has 5 nitrogen and oxygen atoms in total. The summed E-state index contributed by atoms with van der Waals surface area (Å²) in [5.41, 5.74) is -0.459. The maximum absolute atomic E-state index is 11.9. The Morgan fingerprint density at radius 1 is 1.35 bits per heavy atom. The van der Waals surface area contributed by atoms with E-state index in [1.54, 1.807) is 4.90 Å². The largest absolute Gasteiger partial charge is 0.444 e.